The normalized spacial score (nSPS) is 29.0. The second-order valence-electron chi connectivity index (χ2n) is 6.60. The van der Waals surface area contributed by atoms with E-state index in [-0.39, 0.29) is 0 Å². The van der Waals surface area contributed by atoms with Gasteiger partial charge in [0.2, 0.25) is 0 Å². The molecule has 0 aliphatic carbocycles. The van der Waals surface area contributed by atoms with Gasteiger partial charge in [-0.3, -0.25) is 4.90 Å². The minimum Gasteiger partial charge on any atom is -0.497 e. The first kappa shape index (κ1) is 14.8. The summed E-state index contributed by atoms with van der Waals surface area (Å²) in [5, 5.41) is 0. The van der Waals surface area contributed by atoms with E-state index in [0.29, 0.717) is 18.1 Å². The molecule has 1 aromatic rings. The average Bonchev–Trinajstić information content (AvgIpc) is 2.96. The molecule has 0 amide bonds. The highest BCUT2D eigenvalue weighted by molar-refractivity contribution is 5.27. The Hall–Kier alpha value is -1.10. The van der Waals surface area contributed by atoms with Crippen molar-refractivity contribution in [3.63, 3.8) is 0 Å². The van der Waals surface area contributed by atoms with Gasteiger partial charge >= 0.3 is 0 Å². The van der Waals surface area contributed by atoms with Gasteiger partial charge in [-0.2, -0.15) is 0 Å². The lowest BCUT2D eigenvalue weighted by molar-refractivity contribution is 0.0250. The van der Waals surface area contributed by atoms with Gasteiger partial charge in [0, 0.05) is 32.1 Å². The van der Waals surface area contributed by atoms with Gasteiger partial charge in [0.15, 0.2) is 0 Å². The van der Waals surface area contributed by atoms with Crippen molar-refractivity contribution >= 4 is 0 Å². The fourth-order valence-corrected chi connectivity index (χ4v) is 3.59. The number of rotatable bonds is 5. The molecule has 0 saturated carbocycles. The first-order chi connectivity index (χ1) is 10.1. The predicted molar refractivity (Wildman–Crippen MR) is 83.6 cm³/mol. The number of benzene rings is 1. The molecular formula is C17H26N2O2. The summed E-state index contributed by atoms with van der Waals surface area (Å²) in [5.74, 6) is 1.64. The van der Waals surface area contributed by atoms with Crippen LogP contribution in [0.15, 0.2) is 24.3 Å². The van der Waals surface area contributed by atoms with Crippen molar-refractivity contribution in [1.29, 1.82) is 0 Å². The van der Waals surface area contributed by atoms with Gasteiger partial charge in [-0.25, -0.2) is 0 Å². The standard InChI is InChI=1S/C17H26N2O2/c1-18(2)11-16-8-14-10-19(12-17(14)21-16)9-13-4-6-15(20-3)7-5-13/h4-7,14,16-17H,8-12H2,1-3H3/t14-,16-,17+/m1/s1. The van der Waals surface area contributed by atoms with E-state index in [2.05, 4.69) is 36.0 Å². The van der Waals surface area contributed by atoms with Crippen molar-refractivity contribution in [2.45, 2.75) is 25.2 Å². The van der Waals surface area contributed by atoms with Crippen LogP contribution in [-0.4, -0.2) is 62.8 Å². The molecule has 0 radical (unpaired) electrons. The van der Waals surface area contributed by atoms with Crippen LogP contribution in [0.2, 0.25) is 0 Å². The van der Waals surface area contributed by atoms with Crippen LogP contribution < -0.4 is 4.74 Å². The summed E-state index contributed by atoms with van der Waals surface area (Å²) in [4.78, 5) is 4.74. The third kappa shape index (κ3) is 3.57. The van der Waals surface area contributed by atoms with E-state index >= 15 is 0 Å². The van der Waals surface area contributed by atoms with E-state index in [4.69, 9.17) is 9.47 Å². The van der Waals surface area contributed by atoms with Gasteiger partial charge < -0.3 is 14.4 Å². The molecule has 2 heterocycles. The third-order valence-corrected chi connectivity index (χ3v) is 4.52. The lowest BCUT2D eigenvalue weighted by Gasteiger charge is -2.21. The molecule has 1 aromatic carbocycles. The lowest BCUT2D eigenvalue weighted by atomic mass is 10.0. The fourth-order valence-electron chi connectivity index (χ4n) is 3.59. The van der Waals surface area contributed by atoms with Gasteiger partial charge in [-0.15, -0.1) is 0 Å². The number of fused-ring (bicyclic) bond motifs is 1. The molecule has 116 valence electrons. The number of hydrogen-bond acceptors (Lipinski definition) is 4. The van der Waals surface area contributed by atoms with Crippen molar-refractivity contribution in [3.8, 4) is 5.75 Å². The van der Waals surface area contributed by atoms with Crippen molar-refractivity contribution in [1.82, 2.24) is 9.80 Å². The maximum absolute atomic E-state index is 6.20. The van der Waals surface area contributed by atoms with Crippen molar-refractivity contribution in [3.05, 3.63) is 29.8 Å². The number of hydrogen-bond donors (Lipinski definition) is 0. The number of likely N-dealkylation sites (N-methyl/N-ethyl adjacent to an activating group) is 1. The van der Waals surface area contributed by atoms with Crippen molar-refractivity contribution in [2.24, 2.45) is 5.92 Å². The van der Waals surface area contributed by atoms with Crippen LogP contribution in [0.1, 0.15) is 12.0 Å². The Morgan fingerprint density at radius 1 is 1.24 bits per heavy atom. The van der Waals surface area contributed by atoms with E-state index in [0.717, 1.165) is 25.4 Å². The summed E-state index contributed by atoms with van der Waals surface area (Å²) in [6, 6.07) is 8.39. The molecule has 4 nitrogen and oxygen atoms in total. The monoisotopic (exact) mass is 290 g/mol. The largest absolute Gasteiger partial charge is 0.497 e. The highest BCUT2D eigenvalue weighted by atomic mass is 16.5. The van der Waals surface area contributed by atoms with E-state index in [1.165, 1.54) is 18.5 Å². The maximum Gasteiger partial charge on any atom is 0.118 e. The summed E-state index contributed by atoms with van der Waals surface area (Å²) < 4.78 is 11.4. The van der Waals surface area contributed by atoms with E-state index < -0.39 is 0 Å². The summed E-state index contributed by atoms with van der Waals surface area (Å²) in [7, 11) is 5.94. The Balaban J connectivity index is 1.50. The fraction of sp³-hybridized carbons (Fsp3) is 0.647. The maximum atomic E-state index is 6.20. The Kier molecular flexibility index (Phi) is 4.48. The predicted octanol–water partition coefficient (Wildman–Crippen LogP) is 1.85. The molecule has 3 atom stereocenters. The molecule has 2 saturated heterocycles. The second-order valence-corrected chi connectivity index (χ2v) is 6.60. The molecule has 2 aliphatic rings. The molecular weight excluding hydrogens is 264 g/mol. The summed E-state index contributed by atoms with van der Waals surface area (Å²) >= 11 is 0. The van der Waals surface area contributed by atoms with Crippen LogP contribution in [0, 0.1) is 5.92 Å². The van der Waals surface area contributed by atoms with Crippen LogP contribution in [0.25, 0.3) is 0 Å². The highest BCUT2D eigenvalue weighted by Gasteiger charge is 2.41. The molecule has 2 aliphatic heterocycles. The van der Waals surface area contributed by atoms with Crippen LogP contribution in [-0.2, 0) is 11.3 Å². The summed E-state index contributed by atoms with van der Waals surface area (Å²) in [5.41, 5.74) is 1.35. The van der Waals surface area contributed by atoms with Gasteiger partial charge in [-0.05, 0) is 38.2 Å². The molecule has 21 heavy (non-hydrogen) atoms. The molecule has 4 heteroatoms. The van der Waals surface area contributed by atoms with E-state index in [1.54, 1.807) is 7.11 Å². The van der Waals surface area contributed by atoms with Crippen molar-refractivity contribution in [2.75, 3.05) is 40.8 Å². The number of nitrogens with zero attached hydrogens (tertiary/aromatic N) is 2. The Morgan fingerprint density at radius 2 is 2.00 bits per heavy atom. The Bertz CT molecular complexity index is 446. The first-order valence-electron chi connectivity index (χ1n) is 7.79. The number of likely N-dealkylation sites (tertiary alicyclic amines) is 1. The molecule has 0 N–H and O–H groups in total. The van der Waals surface area contributed by atoms with Crippen molar-refractivity contribution < 1.29 is 9.47 Å². The molecule has 0 bridgehead atoms. The number of methoxy groups -OCH3 is 1. The van der Waals surface area contributed by atoms with E-state index in [9.17, 15) is 0 Å². The highest BCUT2D eigenvalue weighted by Crippen LogP contribution is 2.33. The van der Waals surface area contributed by atoms with Gasteiger partial charge in [0.25, 0.3) is 0 Å². The SMILES string of the molecule is COc1ccc(CN2C[C@H]3C[C@H](CN(C)C)O[C@H]3C2)cc1. The van der Waals surface area contributed by atoms with Gasteiger partial charge in [0.1, 0.15) is 5.75 Å². The molecule has 0 unspecified atom stereocenters. The zero-order chi connectivity index (χ0) is 14.8. The van der Waals surface area contributed by atoms with E-state index in [1.807, 2.05) is 12.1 Å². The zero-order valence-electron chi connectivity index (χ0n) is 13.3. The summed E-state index contributed by atoms with van der Waals surface area (Å²) in [6.45, 7) is 4.30. The Morgan fingerprint density at radius 3 is 2.62 bits per heavy atom. The van der Waals surface area contributed by atoms with Crippen LogP contribution in [0.3, 0.4) is 0 Å². The summed E-state index contributed by atoms with van der Waals surface area (Å²) in [6.07, 6.45) is 2.08. The number of ether oxygens (including phenoxy) is 2. The van der Waals surface area contributed by atoms with Crippen LogP contribution in [0.5, 0.6) is 5.75 Å². The molecule has 0 aromatic heterocycles. The molecule has 3 rings (SSSR count). The zero-order valence-corrected chi connectivity index (χ0v) is 13.3. The Labute approximate surface area is 127 Å². The lowest BCUT2D eigenvalue weighted by Crippen LogP contribution is -2.29. The third-order valence-electron chi connectivity index (χ3n) is 4.52. The van der Waals surface area contributed by atoms with Gasteiger partial charge in [-0.1, -0.05) is 12.1 Å². The molecule has 0 spiro atoms. The average molecular weight is 290 g/mol. The minimum absolute atomic E-state index is 0.429. The second kappa shape index (κ2) is 6.34. The minimum atomic E-state index is 0.429. The van der Waals surface area contributed by atoms with Crippen LogP contribution in [0.4, 0.5) is 0 Å². The van der Waals surface area contributed by atoms with Crippen LogP contribution >= 0.6 is 0 Å². The van der Waals surface area contributed by atoms with Gasteiger partial charge in [0.05, 0.1) is 19.3 Å². The smallest absolute Gasteiger partial charge is 0.118 e. The first-order valence-corrected chi connectivity index (χ1v) is 7.79. The topological polar surface area (TPSA) is 24.9 Å². The quantitative estimate of drug-likeness (QED) is 0.826. The molecule has 2 fully saturated rings.